The van der Waals surface area contributed by atoms with Gasteiger partial charge in [-0.05, 0) is 55.5 Å². The predicted octanol–water partition coefficient (Wildman–Crippen LogP) is 4.78. The fourth-order valence-electron chi connectivity index (χ4n) is 2.98. The first-order chi connectivity index (χ1) is 14.7. The lowest BCUT2D eigenvalue weighted by Gasteiger charge is -2.11. The van der Waals surface area contributed by atoms with Gasteiger partial charge < -0.3 is 9.72 Å². The van der Waals surface area contributed by atoms with E-state index in [1.165, 1.54) is 17.8 Å². The predicted molar refractivity (Wildman–Crippen MR) is 114 cm³/mol. The molecule has 6 nitrogen and oxygen atoms in total. The summed E-state index contributed by atoms with van der Waals surface area (Å²) in [6, 6.07) is 17.3. The average Bonchev–Trinajstić information content (AvgIpc) is 3.44. The van der Waals surface area contributed by atoms with Gasteiger partial charge in [-0.3, -0.25) is 9.36 Å². The summed E-state index contributed by atoms with van der Waals surface area (Å²) in [6.45, 7) is 2.49. The molecule has 0 bridgehead atoms. The molecule has 2 aromatic heterocycles. The number of halogens is 1. The second-order valence-corrected chi connectivity index (χ2v) is 7.29. The zero-order valence-electron chi connectivity index (χ0n) is 16.2. The summed E-state index contributed by atoms with van der Waals surface area (Å²) in [7, 11) is 0. The van der Waals surface area contributed by atoms with Crippen LogP contribution in [0.5, 0.6) is 5.75 Å². The highest BCUT2D eigenvalue weighted by atomic mass is 32.2. The molecule has 4 aromatic rings. The number of Topliss-reactive ketones (excluding diaryl/α,β-unsaturated/α-hetero) is 1. The number of nitrogens with zero attached hydrogens (tertiary/aromatic N) is 3. The lowest BCUT2D eigenvalue weighted by molar-refractivity contribution is 0.101. The number of rotatable bonds is 8. The Labute approximate surface area is 177 Å². The maximum atomic E-state index is 14.6. The van der Waals surface area contributed by atoms with Crippen molar-refractivity contribution in [3.8, 4) is 22.8 Å². The lowest BCUT2D eigenvalue weighted by Crippen LogP contribution is -2.06. The molecule has 2 heterocycles. The average molecular weight is 422 g/mol. The van der Waals surface area contributed by atoms with E-state index in [-0.39, 0.29) is 11.5 Å². The SMILES string of the molecule is CCOc1ccc(-c2nnc(SCC(=O)c3ccc[nH]3)n2-c2ccccc2F)cc1. The zero-order chi connectivity index (χ0) is 20.9. The number of aromatic nitrogens is 4. The number of thioether (sulfide) groups is 1. The third-order valence-corrected chi connectivity index (χ3v) is 5.31. The Hall–Kier alpha value is -3.39. The van der Waals surface area contributed by atoms with Gasteiger partial charge in [0.1, 0.15) is 11.6 Å². The summed E-state index contributed by atoms with van der Waals surface area (Å²) < 4.78 is 21.8. The number of carbonyl (C=O) groups is 1. The van der Waals surface area contributed by atoms with Crippen molar-refractivity contribution in [1.29, 1.82) is 0 Å². The molecule has 0 saturated heterocycles. The number of aromatic amines is 1. The Morgan fingerprint density at radius 2 is 1.90 bits per heavy atom. The van der Waals surface area contributed by atoms with Crippen LogP contribution in [0.4, 0.5) is 4.39 Å². The Morgan fingerprint density at radius 3 is 2.60 bits per heavy atom. The molecular weight excluding hydrogens is 403 g/mol. The fourth-order valence-corrected chi connectivity index (χ4v) is 3.81. The first-order valence-electron chi connectivity index (χ1n) is 9.40. The van der Waals surface area contributed by atoms with E-state index >= 15 is 0 Å². The van der Waals surface area contributed by atoms with Crippen molar-refractivity contribution in [2.45, 2.75) is 12.1 Å². The molecule has 30 heavy (non-hydrogen) atoms. The topological polar surface area (TPSA) is 72.8 Å². The maximum absolute atomic E-state index is 14.6. The smallest absolute Gasteiger partial charge is 0.196 e. The zero-order valence-corrected chi connectivity index (χ0v) is 17.0. The second kappa shape index (κ2) is 8.96. The van der Waals surface area contributed by atoms with Crippen LogP contribution in [0, 0.1) is 5.82 Å². The molecular formula is C22H19FN4O2S. The van der Waals surface area contributed by atoms with Gasteiger partial charge in [-0.25, -0.2) is 4.39 Å². The molecule has 1 N–H and O–H groups in total. The number of benzene rings is 2. The molecule has 0 fully saturated rings. The van der Waals surface area contributed by atoms with E-state index in [2.05, 4.69) is 15.2 Å². The third kappa shape index (κ3) is 4.13. The van der Waals surface area contributed by atoms with Crippen molar-refractivity contribution in [3.05, 3.63) is 78.4 Å². The highest BCUT2D eigenvalue weighted by Crippen LogP contribution is 2.30. The van der Waals surface area contributed by atoms with Crippen LogP contribution in [0.15, 0.2) is 72.0 Å². The first kappa shape index (κ1) is 19.9. The number of hydrogen-bond donors (Lipinski definition) is 1. The Kier molecular flexibility index (Phi) is 5.94. The molecule has 152 valence electrons. The van der Waals surface area contributed by atoms with Gasteiger partial charge in [-0.1, -0.05) is 23.9 Å². The van der Waals surface area contributed by atoms with Crippen LogP contribution in [0.3, 0.4) is 0 Å². The normalized spacial score (nSPS) is 10.9. The molecule has 0 aliphatic heterocycles. The third-order valence-electron chi connectivity index (χ3n) is 4.38. The molecule has 0 saturated carbocycles. The standard InChI is InChI=1S/C22H19FN4O2S/c1-2-29-16-11-9-15(10-12-16)21-25-26-22(27(21)19-8-4-3-6-17(19)23)30-14-20(28)18-7-5-13-24-18/h3-13,24H,2,14H2,1H3. The minimum Gasteiger partial charge on any atom is -0.494 e. The summed E-state index contributed by atoms with van der Waals surface area (Å²) >= 11 is 1.21. The number of H-pyrrole nitrogens is 1. The van der Waals surface area contributed by atoms with Crippen molar-refractivity contribution < 1.29 is 13.9 Å². The van der Waals surface area contributed by atoms with Crippen molar-refractivity contribution in [3.63, 3.8) is 0 Å². The van der Waals surface area contributed by atoms with Crippen LogP contribution in [-0.2, 0) is 0 Å². The minimum atomic E-state index is -0.401. The number of para-hydroxylation sites is 1. The number of nitrogens with one attached hydrogen (secondary N) is 1. The fraction of sp³-hybridized carbons (Fsp3) is 0.136. The van der Waals surface area contributed by atoms with Gasteiger partial charge in [-0.15, -0.1) is 10.2 Å². The molecule has 0 spiro atoms. The van der Waals surface area contributed by atoms with E-state index < -0.39 is 5.82 Å². The molecule has 4 rings (SSSR count). The van der Waals surface area contributed by atoms with Gasteiger partial charge in [0.2, 0.25) is 0 Å². The van der Waals surface area contributed by atoms with E-state index in [4.69, 9.17) is 4.74 Å². The van der Waals surface area contributed by atoms with Gasteiger partial charge in [-0.2, -0.15) is 0 Å². The van der Waals surface area contributed by atoms with Crippen LogP contribution >= 0.6 is 11.8 Å². The molecule has 0 aliphatic carbocycles. The van der Waals surface area contributed by atoms with E-state index in [0.717, 1.165) is 11.3 Å². The van der Waals surface area contributed by atoms with Gasteiger partial charge in [0.05, 0.1) is 23.7 Å². The quantitative estimate of drug-likeness (QED) is 0.327. The summed E-state index contributed by atoms with van der Waals surface area (Å²) in [5, 5.41) is 8.96. The molecule has 8 heteroatoms. The Morgan fingerprint density at radius 1 is 1.10 bits per heavy atom. The van der Waals surface area contributed by atoms with Gasteiger partial charge >= 0.3 is 0 Å². The van der Waals surface area contributed by atoms with E-state index in [9.17, 15) is 9.18 Å². The van der Waals surface area contributed by atoms with Gasteiger partial charge in [0.15, 0.2) is 16.8 Å². The van der Waals surface area contributed by atoms with E-state index in [1.807, 2.05) is 31.2 Å². The molecule has 0 atom stereocenters. The monoisotopic (exact) mass is 422 g/mol. The highest BCUT2D eigenvalue weighted by molar-refractivity contribution is 7.99. The molecule has 2 aromatic carbocycles. The van der Waals surface area contributed by atoms with Crippen LogP contribution in [0.25, 0.3) is 17.1 Å². The first-order valence-corrected chi connectivity index (χ1v) is 10.4. The minimum absolute atomic E-state index is 0.0734. The van der Waals surface area contributed by atoms with Crippen molar-refractivity contribution in [1.82, 2.24) is 19.7 Å². The summed E-state index contributed by atoms with van der Waals surface area (Å²) in [5.74, 6) is 0.899. The Balaban J connectivity index is 1.70. The lowest BCUT2D eigenvalue weighted by atomic mass is 10.2. The highest BCUT2D eigenvalue weighted by Gasteiger charge is 2.20. The largest absolute Gasteiger partial charge is 0.494 e. The van der Waals surface area contributed by atoms with Gasteiger partial charge in [0.25, 0.3) is 0 Å². The van der Waals surface area contributed by atoms with Crippen LogP contribution in [0.2, 0.25) is 0 Å². The van der Waals surface area contributed by atoms with Crippen molar-refractivity contribution in [2.75, 3.05) is 12.4 Å². The van der Waals surface area contributed by atoms with Crippen LogP contribution in [0.1, 0.15) is 17.4 Å². The summed E-state index contributed by atoms with van der Waals surface area (Å²) in [4.78, 5) is 15.3. The number of hydrogen-bond acceptors (Lipinski definition) is 5. The van der Waals surface area contributed by atoms with Crippen LogP contribution in [-0.4, -0.2) is 37.9 Å². The second-order valence-electron chi connectivity index (χ2n) is 6.35. The number of ketones is 1. The van der Waals surface area contributed by atoms with Gasteiger partial charge in [0, 0.05) is 11.8 Å². The molecule has 0 unspecified atom stereocenters. The van der Waals surface area contributed by atoms with Crippen molar-refractivity contribution in [2.24, 2.45) is 0 Å². The van der Waals surface area contributed by atoms with E-state index in [1.54, 1.807) is 41.1 Å². The van der Waals surface area contributed by atoms with Crippen molar-refractivity contribution >= 4 is 17.5 Å². The Bertz CT molecular complexity index is 1140. The summed E-state index contributed by atoms with van der Waals surface area (Å²) in [5.41, 5.74) is 1.60. The maximum Gasteiger partial charge on any atom is 0.196 e. The molecule has 0 aliphatic rings. The van der Waals surface area contributed by atoms with E-state index in [0.29, 0.717) is 29.0 Å². The summed E-state index contributed by atoms with van der Waals surface area (Å²) in [6.07, 6.45) is 1.70. The van der Waals surface area contributed by atoms with Crippen LogP contribution < -0.4 is 4.74 Å². The molecule has 0 amide bonds. The molecule has 0 radical (unpaired) electrons. The number of carbonyl (C=O) groups excluding carboxylic acids is 1. The number of ether oxygens (including phenoxy) is 1.